The molecule has 1 amide bonds. The molecule has 2 aliphatic rings. The van der Waals surface area contributed by atoms with Crippen LogP contribution in [0.2, 0.25) is 5.02 Å². The first-order chi connectivity index (χ1) is 22.3. The van der Waals surface area contributed by atoms with E-state index < -0.39 is 30.6 Å². The Labute approximate surface area is 268 Å². The van der Waals surface area contributed by atoms with Crippen molar-refractivity contribution in [2.75, 3.05) is 51.4 Å². The van der Waals surface area contributed by atoms with E-state index in [1.807, 2.05) is 28.0 Å². The van der Waals surface area contributed by atoms with E-state index in [2.05, 4.69) is 32.9 Å². The number of piperazine rings is 1. The molecule has 2 aromatic carbocycles. The Balaban J connectivity index is 1.43. The van der Waals surface area contributed by atoms with Gasteiger partial charge in [-0.25, -0.2) is 13.2 Å². The summed E-state index contributed by atoms with van der Waals surface area (Å²) in [5, 5.41) is 11.7. The van der Waals surface area contributed by atoms with E-state index in [0.717, 1.165) is 5.39 Å². The zero-order valence-electron chi connectivity index (χ0n) is 24.9. The van der Waals surface area contributed by atoms with Crippen LogP contribution in [0.4, 0.5) is 19.0 Å². The molecular formula is C33H29ClF3N7O2. The number of nitrogens with zero attached hydrogens (tertiary/aromatic N) is 7. The number of nitriles is 1. The van der Waals surface area contributed by atoms with Crippen molar-refractivity contribution in [2.24, 2.45) is 0 Å². The number of anilines is 1. The second kappa shape index (κ2) is 13.4. The summed E-state index contributed by atoms with van der Waals surface area (Å²) in [5.41, 5.74) is 0.491. The van der Waals surface area contributed by atoms with Crippen LogP contribution in [-0.4, -0.2) is 95.4 Å². The lowest BCUT2D eigenvalue weighted by Gasteiger charge is -2.40. The lowest BCUT2D eigenvalue weighted by atomic mass is 10.0. The fraction of sp³-hybridized carbons (Fsp3) is 0.364. The molecule has 13 heteroatoms. The second-order valence-electron chi connectivity index (χ2n) is 11.3. The largest absolute Gasteiger partial charge is 0.462 e. The maximum absolute atomic E-state index is 16.6. The molecule has 236 valence electrons. The van der Waals surface area contributed by atoms with E-state index in [1.165, 1.54) is 11.1 Å². The Morgan fingerprint density at radius 1 is 1.15 bits per heavy atom. The van der Waals surface area contributed by atoms with E-state index in [1.54, 1.807) is 25.2 Å². The monoisotopic (exact) mass is 647 g/mol. The zero-order chi connectivity index (χ0) is 32.4. The van der Waals surface area contributed by atoms with Gasteiger partial charge in [0.15, 0.2) is 12.5 Å². The number of alkyl halides is 2. The number of likely N-dealkylation sites (tertiary alicyclic amines) is 1. The van der Waals surface area contributed by atoms with Gasteiger partial charge < -0.3 is 14.5 Å². The van der Waals surface area contributed by atoms with Crippen molar-refractivity contribution in [3.05, 3.63) is 53.4 Å². The van der Waals surface area contributed by atoms with Crippen molar-refractivity contribution in [1.29, 1.82) is 5.26 Å². The summed E-state index contributed by atoms with van der Waals surface area (Å²) in [7, 11) is 1.81. The minimum absolute atomic E-state index is 0.0110. The lowest BCUT2D eigenvalue weighted by Crippen LogP contribution is -2.55. The molecule has 3 atom stereocenters. The molecule has 4 heterocycles. The van der Waals surface area contributed by atoms with E-state index in [9.17, 15) is 18.8 Å². The number of carbonyl (C=O) groups excluding carboxylic acids is 1. The fourth-order valence-corrected chi connectivity index (χ4v) is 6.44. The van der Waals surface area contributed by atoms with Crippen molar-refractivity contribution >= 4 is 45.0 Å². The third-order valence-electron chi connectivity index (χ3n) is 8.43. The third-order valence-corrected chi connectivity index (χ3v) is 8.74. The molecule has 0 saturated carbocycles. The van der Waals surface area contributed by atoms with Crippen LogP contribution in [0, 0.1) is 29.0 Å². The van der Waals surface area contributed by atoms with Crippen molar-refractivity contribution in [2.45, 2.75) is 31.1 Å². The molecule has 2 fully saturated rings. The highest BCUT2D eigenvalue weighted by atomic mass is 35.5. The first kappa shape index (κ1) is 31.3. The SMILES string of the molecule is CN1C[C@H](F)C[C@H]1COc1nc(N2CCN(C(=O)C#CCF)[C@@H](CC#N)C2)c2cnc(-c3cccc4cccc(Cl)c34)c(F)c2n1. The number of benzene rings is 2. The number of hydrogen-bond acceptors (Lipinski definition) is 8. The molecule has 0 bridgehead atoms. The molecule has 2 saturated heterocycles. The van der Waals surface area contributed by atoms with Crippen LogP contribution in [-0.2, 0) is 4.79 Å². The fourth-order valence-electron chi connectivity index (χ4n) is 6.16. The molecule has 4 aromatic rings. The molecule has 0 unspecified atom stereocenters. The highest BCUT2D eigenvalue weighted by Gasteiger charge is 2.33. The van der Waals surface area contributed by atoms with Gasteiger partial charge in [0.1, 0.15) is 29.8 Å². The smallest absolute Gasteiger partial charge is 0.319 e. The Bertz CT molecular complexity index is 1900. The first-order valence-corrected chi connectivity index (χ1v) is 15.1. The highest BCUT2D eigenvalue weighted by molar-refractivity contribution is 6.36. The van der Waals surface area contributed by atoms with E-state index in [0.29, 0.717) is 33.6 Å². The average Bonchev–Trinajstić information content (AvgIpc) is 3.38. The number of halogens is 4. The highest BCUT2D eigenvalue weighted by Crippen LogP contribution is 2.37. The molecule has 0 aliphatic carbocycles. The minimum atomic E-state index is -0.976. The molecule has 0 radical (unpaired) electrons. The summed E-state index contributed by atoms with van der Waals surface area (Å²) in [6, 6.07) is 12.0. The predicted octanol–water partition coefficient (Wildman–Crippen LogP) is 4.96. The van der Waals surface area contributed by atoms with Crippen LogP contribution in [0.25, 0.3) is 32.9 Å². The number of likely N-dealkylation sites (N-methyl/N-ethyl adjacent to an activating group) is 1. The van der Waals surface area contributed by atoms with Crippen molar-refractivity contribution in [3.8, 4) is 35.2 Å². The third kappa shape index (κ3) is 6.11. The normalized spacial score (nSPS) is 20.0. The minimum Gasteiger partial charge on any atom is -0.462 e. The van der Waals surface area contributed by atoms with Gasteiger partial charge in [-0.3, -0.25) is 14.7 Å². The van der Waals surface area contributed by atoms with Gasteiger partial charge in [0.05, 0.1) is 23.9 Å². The molecule has 0 N–H and O–H groups in total. The summed E-state index contributed by atoms with van der Waals surface area (Å²) in [6.07, 6.45) is 0.794. The number of aromatic nitrogens is 3. The van der Waals surface area contributed by atoms with Crippen molar-refractivity contribution in [1.82, 2.24) is 24.8 Å². The van der Waals surface area contributed by atoms with Crippen LogP contribution in [0.3, 0.4) is 0 Å². The number of ether oxygens (including phenoxy) is 1. The Morgan fingerprint density at radius 2 is 1.96 bits per heavy atom. The standard InChI is InChI=1S/C33H29ClF3N7O2/c1-42-17-21(36)15-23(42)19-46-33-40-31-25(16-39-30(29(31)37)24-7-2-5-20-6-3-8-26(34)28(20)24)32(41-33)43-13-14-44(22(18-43)10-12-38)27(45)9-4-11-35/h2-3,5-8,16,21-23H,10-11,13-15,17-19H2,1H3/t21-,22+,23+/m1/s1. The quantitative estimate of drug-likeness (QED) is 0.271. The van der Waals surface area contributed by atoms with Crippen molar-refractivity contribution in [3.63, 3.8) is 0 Å². The number of carbonyl (C=O) groups is 1. The van der Waals surface area contributed by atoms with Gasteiger partial charge in [0.25, 0.3) is 5.91 Å². The van der Waals surface area contributed by atoms with Gasteiger partial charge in [-0.1, -0.05) is 47.9 Å². The van der Waals surface area contributed by atoms with E-state index in [4.69, 9.17) is 16.3 Å². The molecule has 46 heavy (non-hydrogen) atoms. The van der Waals surface area contributed by atoms with Gasteiger partial charge in [0.2, 0.25) is 0 Å². The Kier molecular flexibility index (Phi) is 9.11. The lowest BCUT2D eigenvalue weighted by molar-refractivity contribution is -0.127. The summed E-state index contributed by atoms with van der Waals surface area (Å²) < 4.78 is 49.2. The number of fused-ring (bicyclic) bond motifs is 2. The molecule has 6 rings (SSSR count). The van der Waals surface area contributed by atoms with Gasteiger partial charge in [0, 0.05) is 54.4 Å². The molecule has 2 aromatic heterocycles. The predicted molar refractivity (Wildman–Crippen MR) is 168 cm³/mol. The van der Waals surface area contributed by atoms with Gasteiger partial charge in [-0.2, -0.15) is 15.2 Å². The Morgan fingerprint density at radius 3 is 2.70 bits per heavy atom. The van der Waals surface area contributed by atoms with Crippen LogP contribution in [0.1, 0.15) is 12.8 Å². The molecule has 2 aliphatic heterocycles. The van der Waals surface area contributed by atoms with Gasteiger partial charge in [-0.15, -0.1) is 0 Å². The first-order valence-electron chi connectivity index (χ1n) is 14.8. The van der Waals surface area contributed by atoms with Crippen LogP contribution >= 0.6 is 11.6 Å². The van der Waals surface area contributed by atoms with Crippen LogP contribution in [0.5, 0.6) is 6.01 Å². The van der Waals surface area contributed by atoms with Crippen molar-refractivity contribution < 1.29 is 22.7 Å². The Hall–Kier alpha value is -4.65. The maximum Gasteiger partial charge on any atom is 0.319 e. The number of hydrogen-bond donors (Lipinski definition) is 0. The average molecular weight is 648 g/mol. The van der Waals surface area contributed by atoms with Crippen LogP contribution in [0.15, 0.2) is 42.6 Å². The van der Waals surface area contributed by atoms with Crippen LogP contribution < -0.4 is 9.64 Å². The number of amides is 1. The van der Waals surface area contributed by atoms with Gasteiger partial charge >= 0.3 is 6.01 Å². The summed E-state index contributed by atoms with van der Waals surface area (Å²) >= 11 is 6.55. The topological polar surface area (TPSA) is 98.5 Å². The molecule has 9 nitrogen and oxygen atoms in total. The maximum atomic E-state index is 16.6. The zero-order valence-corrected chi connectivity index (χ0v) is 25.6. The molecule has 0 spiro atoms. The summed E-state index contributed by atoms with van der Waals surface area (Å²) in [4.78, 5) is 31.4. The van der Waals surface area contributed by atoms with E-state index >= 15 is 4.39 Å². The molecular weight excluding hydrogens is 619 g/mol. The number of rotatable bonds is 6. The van der Waals surface area contributed by atoms with Gasteiger partial charge in [-0.05, 0) is 30.8 Å². The summed E-state index contributed by atoms with van der Waals surface area (Å²) in [5.74, 6) is 3.43. The second-order valence-corrected chi connectivity index (χ2v) is 11.7. The summed E-state index contributed by atoms with van der Waals surface area (Å²) in [6.45, 7) is 0.00761. The number of pyridine rings is 1. The van der Waals surface area contributed by atoms with E-state index in [-0.39, 0.29) is 62.5 Å².